The number of aromatic nitrogens is 2. The van der Waals surface area contributed by atoms with Crippen LogP contribution in [0.2, 0.25) is 0 Å². The second-order valence-corrected chi connectivity index (χ2v) is 8.40. The van der Waals surface area contributed by atoms with Gasteiger partial charge in [-0.2, -0.15) is 0 Å². The van der Waals surface area contributed by atoms with E-state index in [9.17, 15) is 4.79 Å². The number of nitrogens with one attached hydrogen (secondary N) is 1. The Bertz CT molecular complexity index is 890. The molecule has 1 aromatic carbocycles. The van der Waals surface area contributed by atoms with Crippen molar-refractivity contribution >= 4 is 17.6 Å². The Morgan fingerprint density at radius 3 is 2.69 bits per heavy atom. The van der Waals surface area contributed by atoms with Crippen molar-refractivity contribution in [1.29, 1.82) is 0 Å². The van der Waals surface area contributed by atoms with Gasteiger partial charge in [-0.25, -0.2) is 14.8 Å². The summed E-state index contributed by atoms with van der Waals surface area (Å²) < 4.78 is 4.85. The standard InChI is InChI=1S/C23H30N4O2/c1-15(2)22-25-20(24-19-6-4-5-7-19)13-21(26-22)27-11-10-16-12-17(23(28)29-3)8-9-18(16)14-27/h8-9,12-13,15,19H,4-7,10-11,14H2,1-3H3,(H,24,25,26). The molecule has 0 bridgehead atoms. The Kier molecular flexibility index (Phi) is 5.69. The largest absolute Gasteiger partial charge is 0.465 e. The van der Waals surface area contributed by atoms with Crippen molar-refractivity contribution in [3.63, 3.8) is 0 Å². The van der Waals surface area contributed by atoms with Crippen molar-refractivity contribution in [3.05, 3.63) is 46.8 Å². The van der Waals surface area contributed by atoms with Crippen LogP contribution >= 0.6 is 0 Å². The second kappa shape index (κ2) is 8.39. The molecule has 2 aliphatic rings. The van der Waals surface area contributed by atoms with Crippen LogP contribution in [0, 0.1) is 0 Å². The molecule has 1 saturated carbocycles. The first kappa shape index (κ1) is 19.7. The van der Waals surface area contributed by atoms with Gasteiger partial charge in [0.25, 0.3) is 0 Å². The molecule has 4 rings (SSSR count). The molecule has 0 amide bonds. The van der Waals surface area contributed by atoms with Gasteiger partial charge in [-0.1, -0.05) is 32.8 Å². The summed E-state index contributed by atoms with van der Waals surface area (Å²) in [7, 11) is 1.42. The van der Waals surface area contributed by atoms with Gasteiger partial charge >= 0.3 is 5.97 Å². The maximum Gasteiger partial charge on any atom is 0.337 e. The normalized spacial score (nSPS) is 16.8. The van der Waals surface area contributed by atoms with Crippen molar-refractivity contribution < 1.29 is 9.53 Å². The van der Waals surface area contributed by atoms with Gasteiger partial charge in [0.15, 0.2) is 0 Å². The Labute approximate surface area is 172 Å². The maximum absolute atomic E-state index is 11.8. The number of rotatable bonds is 5. The number of carbonyl (C=O) groups excluding carboxylic acids is 1. The van der Waals surface area contributed by atoms with E-state index in [-0.39, 0.29) is 11.9 Å². The Morgan fingerprint density at radius 1 is 1.17 bits per heavy atom. The molecule has 6 heteroatoms. The minimum absolute atomic E-state index is 0.277. The quantitative estimate of drug-likeness (QED) is 0.763. The molecule has 2 heterocycles. The number of anilines is 2. The Hall–Kier alpha value is -2.63. The van der Waals surface area contributed by atoms with Crippen molar-refractivity contribution in [2.24, 2.45) is 0 Å². The van der Waals surface area contributed by atoms with E-state index >= 15 is 0 Å². The van der Waals surface area contributed by atoms with Crippen LogP contribution in [0.5, 0.6) is 0 Å². The predicted octanol–water partition coefficient (Wildman–Crippen LogP) is 4.30. The number of hydrogen-bond acceptors (Lipinski definition) is 6. The fourth-order valence-corrected chi connectivity index (χ4v) is 4.22. The molecule has 0 radical (unpaired) electrons. The molecule has 154 valence electrons. The summed E-state index contributed by atoms with van der Waals surface area (Å²) in [6.07, 6.45) is 5.91. The molecule has 1 aliphatic heterocycles. The first-order valence-corrected chi connectivity index (χ1v) is 10.6. The van der Waals surface area contributed by atoms with Crippen molar-refractivity contribution in [2.45, 2.75) is 64.5 Å². The highest BCUT2D eigenvalue weighted by atomic mass is 16.5. The zero-order valence-electron chi connectivity index (χ0n) is 17.6. The average molecular weight is 395 g/mol. The highest BCUT2D eigenvalue weighted by molar-refractivity contribution is 5.89. The van der Waals surface area contributed by atoms with Crippen LogP contribution in [0.3, 0.4) is 0 Å². The summed E-state index contributed by atoms with van der Waals surface area (Å²) in [5.41, 5.74) is 3.07. The first-order valence-electron chi connectivity index (χ1n) is 10.6. The van der Waals surface area contributed by atoms with E-state index in [0.29, 0.717) is 11.6 Å². The third-order valence-corrected chi connectivity index (χ3v) is 5.92. The molecule has 0 unspecified atom stereocenters. The lowest BCUT2D eigenvalue weighted by Crippen LogP contribution is -2.32. The Morgan fingerprint density at radius 2 is 1.97 bits per heavy atom. The first-order chi connectivity index (χ1) is 14.0. The van der Waals surface area contributed by atoms with Gasteiger partial charge in [0.1, 0.15) is 17.5 Å². The highest BCUT2D eigenvalue weighted by Gasteiger charge is 2.22. The minimum atomic E-state index is -0.282. The van der Waals surface area contributed by atoms with E-state index in [2.05, 4.69) is 30.1 Å². The van der Waals surface area contributed by atoms with E-state index < -0.39 is 0 Å². The van der Waals surface area contributed by atoms with Crippen LogP contribution in [-0.4, -0.2) is 35.6 Å². The number of ether oxygens (including phenoxy) is 1. The molecular weight excluding hydrogens is 364 g/mol. The molecule has 1 aliphatic carbocycles. The molecular formula is C23H30N4O2. The lowest BCUT2D eigenvalue weighted by Gasteiger charge is -2.31. The minimum Gasteiger partial charge on any atom is -0.465 e. The maximum atomic E-state index is 11.8. The zero-order chi connectivity index (χ0) is 20.4. The lowest BCUT2D eigenvalue weighted by atomic mass is 9.97. The third-order valence-electron chi connectivity index (χ3n) is 5.92. The summed E-state index contributed by atoms with van der Waals surface area (Å²) in [4.78, 5) is 23.8. The number of carbonyl (C=O) groups is 1. The summed E-state index contributed by atoms with van der Waals surface area (Å²) >= 11 is 0. The molecule has 29 heavy (non-hydrogen) atoms. The molecule has 6 nitrogen and oxygen atoms in total. The zero-order valence-corrected chi connectivity index (χ0v) is 17.6. The van der Waals surface area contributed by atoms with Gasteiger partial charge in [0.05, 0.1) is 12.7 Å². The lowest BCUT2D eigenvalue weighted by molar-refractivity contribution is 0.0600. The predicted molar refractivity (Wildman–Crippen MR) is 115 cm³/mol. The summed E-state index contributed by atoms with van der Waals surface area (Å²) in [5, 5.41) is 3.63. The van der Waals surface area contributed by atoms with Crippen LogP contribution < -0.4 is 10.2 Å². The highest BCUT2D eigenvalue weighted by Crippen LogP contribution is 2.28. The molecule has 1 fully saturated rings. The second-order valence-electron chi connectivity index (χ2n) is 8.40. The number of methoxy groups -OCH3 is 1. The van der Waals surface area contributed by atoms with E-state index in [1.807, 2.05) is 18.2 Å². The van der Waals surface area contributed by atoms with E-state index in [0.717, 1.165) is 37.0 Å². The topological polar surface area (TPSA) is 67.3 Å². The average Bonchev–Trinajstić information content (AvgIpc) is 3.25. The smallest absolute Gasteiger partial charge is 0.337 e. The van der Waals surface area contributed by atoms with Crippen LogP contribution in [0.15, 0.2) is 24.3 Å². The van der Waals surface area contributed by atoms with Crippen LogP contribution in [-0.2, 0) is 17.7 Å². The van der Waals surface area contributed by atoms with Crippen molar-refractivity contribution in [3.8, 4) is 0 Å². The van der Waals surface area contributed by atoms with Gasteiger partial charge in [-0.15, -0.1) is 0 Å². The van der Waals surface area contributed by atoms with Gasteiger partial charge < -0.3 is 15.0 Å². The van der Waals surface area contributed by atoms with Gasteiger partial charge in [0.2, 0.25) is 0 Å². The van der Waals surface area contributed by atoms with Crippen LogP contribution in [0.4, 0.5) is 11.6 Å². The molecule has 1 N–H and O–H groups in total. The molecule has 0 atom stereocenters. The fraction of sp³-hybridized carbons (Fsp3) is 0.522. The van der Waals surface area contributed by atoms with Crippen molar-refractivity contribution in [2.75, 3.05) is 23.9 Å². The van der Waals surface area contributed by atoms with Crippen LogP contribution in [0.1, 0.15) is 72.8 Å². The monoisotopic (exact) mass is 394 g/mol. The number of benzene rings is 1. The summed E-state index contributed by atoms with van der Waals surface area (Å²) in [6.45, 7) is 5.93. The van der Waals surface area contributed by atoms with E-state index in [4.69, 9.17) is 14.7 Å². The number of fused-ring (bicyclic) bond motifs is 1. The molecule has 0 saturated heterocycles. The number of nitrogens with zero attached hydrogens (tertiary/aromatic N) is 3. The fourth-order valence-electron chi connectivity index (χ4n) is 4.22. The molecule has 1 aromatic heterocycles. The third kappa shape index (κ3) is 4.36. The summed E-state index contributed by atoms with van der Waals surface area (Å²) in [5.74, 6) is 2.80. The molecule has 0 spiro atoms. The van der Waals surface area contributed by atoms with Gasteiger partial charge in [-0.3, -0.25) is 0 Å². The summed E-state index contributed by atoms with van der Waals surface area (Å²) in [6, 6.07) is 8.47. The Balaban J connectivity index is 1.57. The van der Waals surface area contributed by atoms with Gasteiger partial charge in [-0.05, 0) is 42.5 Å². The SMILES string of the molecule is COC(=O)c1ccc2c(c1)CCN(c1cc(NC3CCCC3)nc(C(C)C)n1)C2. The van der Waals surface area contributed by atoms with E-state index in [1.165, 1.54) is 43.9 Å². The van der Waals surface area contributed by atoms with E-state index in [1.54, 1.807) is 0 Å². The number of hydrogen-bond donors (Lipinski definition) is 1. The number of esters is 1. The van der Waals surface area contributed by atoms with Gasteiger partial charge in [0, 0.05) is 31.1 Å². The molecule has 2 aromatic rings. The van der Waals surface area contributed by atoms with Crippen LogP contribution in [0.25, 0.3) is 0 Å². The van der Waals surface area contributed by atoms with Crippen molar-refractivity contribution in [1.82, 2.24) is 9.97 Å².